The summed E-state index contributed by atoms with van der Waals surface area (Å²) in [4.78, 5) is 213. The van der Waals surface area contributed by atoms with E-state index < -0.39 is 288 Å². The van der Waals surface area contributed by atoms with E-state index in [4.69, 9.17) is 16.2 Å². The van der Waals surface area contributed by atoms with Gasteiger partial charge in [-0.1, -0.05) is 110 Å². The number of carbonyl (C=O) groups is 15. The van der Waals surface area contributed by atoms with Crippen LogP contribution < -0.4 is 79.8 Å². The molecule has 1 fully saturated rings. The van der Waals surface area contributed by atoms with E-state index in [9.17, 15) is 113 Å². The summed E-state index contributed by atoms with van der Waals surface area (Å²) < 4.78 is 9.01. The topological polar surface area (TPSA) is 673 Å². The highest BCUT2D eigenvalue weighted by atomic mass is 79.9. The number of aromatic nitrogens is 2. The first-order valence-electron chi connectivity index (χ1n) is 36.8. The third-order valence-electron chi connectivity index (χ3n) is 18.8. The van der Waals surface area contributed by atoms with E-state index >= 15 is 9.59 Å². The van der Waals surface area contributed by atoms with E-state index in [1.807, 2.05) is 5.32 Å². The van der Waals surface area contributed by atoms with Crippen LogP contribution in [0.5, 0.6) is 0 Å². The third kappa shape index (κ3) is 28.1. The molecule has 14 amide bonds. The highest BCUT2D eigenvalue weighted by Gasteiger charge is 2.46. The van der Waals surface area contributed by atoms with Crippen molar-refractivity contribution in [3.05, 3.63) is 140 Å². The Morgan fingerprint density at radius 1 is 0.593 bits per heavy atom. The van der Waals surface area contributed by atoms with Gasteiger partial charge in [0.25, 0.3) is 0 Å². The van der Waals surface area contributed by atoms with Crippen molar-refractivity contribution >= 4 is 127 Å². The van der Waals surface area contributed by atoms with Crippen molar-refractivity contribution in [3.63, 3.8) is 0 Å². The summed E-state index contributed by atoms with van der Waals surface area (Å²) in [6, 6.07) is -2.14. The van der Waals surface area contributed by atoms with Crippen LogP contribution in [0.15, 0.2) is 118 Å². The van der Waals surface area contributed by atoms with Gasteiger partial charge in [-0.3, -0.25) is 67.1 Å². The Balaban J connectivity index is 1.43. The minimum absolute atomic E-state index is 0.329. The molecule has 0 saturated carbocycles. The molecule has 0 spiro atoms. The SMILES string of the molecule is CC(/C=C/c1ccc(Br)cc1)=C\[C@H](O)[C@@H]1CC(=O)N[C@@H](CO)C(=O)N[C@@H]2Cn3cc([n+]([C@H]4OC[C@H](O)[C@H](O)[C@H]4O)c3)C[C@H](NC(=O)C[C@H](O)C[C@@H](C(=O)O)NC(=O)CCNC(=O)[C@H](Cc3ccc(Br)cc3)NC(=O)[C@H]([C@@H](O)C(N)=O)NC(=O)[C@H](CC(N)=O)NC2=O)C(=O)N[C@@H]([C@H](C)O)C(=O)N[C@@H](CO)C(=O)N[C@@H](Cc2ccccc2)C(=O)N1. The number of aliphatic hydroxyl groups is 9. The monoisotopic (exact) mass is 1780 g/mol. The predicted molar refractivity (Wildman–Crippen MR) is 413 cm³/mol. The van der Waals surface area contributed by atoms with Gasteiger partial charge in [0.15, 0.2) is 6.10 Å². The quantitative estimate of drug-likeness (QED) is 0.0345. The summed E-state index contributed by atoms with van der Waals surface area (Å²) in [5.74, 6) is -21.1. The molecular formula is C74H95Br2N16O26+. The van der Waals surface area contributed by atoms with Gasteiger partial charge in [0.05, 0.1) is 57.0 Å². The minimum atomic E-state index is -2.72. The molecule has 1 saturated heterocycles. The number of carboxylic acid groups (broad SMARTS) is 1. The average molecular weight is 1780 g/mol. The van der Waals surface area contributed by atoms with Crippen LogP contribution in [0.2, 0.25) is 0 Å². The van der Waals surface area contributed by atoms with E-state index in [1.54, 1.807) is 85.8 Å². The Morgan fingerprint density at radius 3 is 1.75 bits per heavy atom. The van der Waals surface area contributed by atoms with E-state index in [-0.39, 0.29) is 5.69 Å². The van der Waals surface area contributed by atoms with Gasteiger partial charge in [-0.05, 0) is 54.8 Å². The highest BCUT2D eigenvalue weighted by molar-refractivity contribution is 9.10. The molecule has 42 nitrogen and oxygen atoms in total. The number of carboxylic acids is 1. The van der Waals surface area contributed by atoms with Crippen molar-refractivity contribution in [2.45, 2.75) is 187 Å². The normalized spacial score (nSPS) is 27.7. The number of carbonyl (C=O) groups excluding carboxylic acids is 14. The number of hydrogen-bond acceptors (Lipinski definition) is 25. The third-order valence-corrected chi connectivity index (χ3v) is 19.9. The Morgan fingerprint density at radius 2 is 1.14 bits per heavy atom. The van der Waals surface area contributed by atoms with E-state index in [1.165, 1.54) is 18.2 Å². The van der Waals surface area contributed by atoms with Crippen molar-refractivity contribution in [1.29, 1.82) is 0 Å². The van der Waals surface area contributed by atoms with Crippen molar-refractivity contribution in [2.24, 2.45) is 11.5 Å². The zero-order valence-corrected chi connectivity index (χ0v) is 66.5. The van der Waals surface area contributed by atoms with Crippen molar-refractivity contribution in [3.8, 4) is 0 Å². The van der Waals surface area contributed by atoms with E-state index in [2.05, 4.69) is 90.3 Å². The number of ether oxygens (including phenoxy) is 1. The molecule has 0 radical (unpaired) electrons. The van der Waals surface area contributed by atoms with Crippen LogP contribution in [0, 0.1) is 0 Å². The summed E-state index contributed by atoms with van der Waals surface area (Å²) in [5.41, 5.74) is 12.5. The lowest BCUT2D eigenvalue weighted by atomic mass is 10.0. The molecule has 1 aromatic heterocycles. The number of fused-ring (bicyclic) bond motifs is 2. The maximum absolute atomic E-state index is 15.3. The van der Waals surface area contributed by atoms with Crippen LogP contribution in [0.3, 0.4) is 0 Å². The molecule has 4 bridgehead atoms. The number of rotatable bonds is 17. The second-order valence-corrected chi connectivity index (χ2v) is 30.0. The maximum atomic E-state index is 15.3. The predicted octanol–water partition coefficient (Wildman–Crippen LogP) is -9.47. The van der Waals surface area contributed by atoms with Crippen molar-refractivity contribution < 1.29 is 132 Å². The average Bonchev–Trinajstić information content (AvgIpc) is 1.62. The molecule has 44 heteroatoms. The number of primary amides is 2. The minimum Gasteiger partial charge on any atom is -0.480 e. The van der Waals surface area contributed by atoms with Crippen molar-refractivity contribution in [2.75, 3.05) is 26.4 Å². The number of aliphatic carboxylic acids is 1. The number of amides is 14. The molecule has 0 aliphatic carbocycles. The number of aliphatic hydroxyl groups excluding tert-OH is 9. The van der Waals surface area contributed by atoms with Crippen LogP contribution in [-0.2, 0) is 102 Å². The van der Waals surface area contributed by atoms with Crippen LogP contribution in [0.25, 0.3) is 6.08 Å². The van der Waals surface area contributed by atoms with Gasteiger partial charge in [0.2, 0.25) is 95.3 Å². The Bertz CT molecular complexity index is 4350. The van der Waals surface area contributed by atoms with Gasteiger partial charge < -0.3 is 131 Å². The summed E-state index contributed by atoms with van der Waals surface area (Å²) >= 11 is 6.65. The van der Waals surface area contributed by atoms with Gasteiger partial charge in [0.1, 0.15) is 97.2 Å². The smallest absolute Gasteiger partial charge is 0.326 e. The van der Waals surface area contributed by atoms with Crippen LogP contribution >= 0.6 is 31.9 Å². The molecule has 3 aromatic carbocycles. The summed E-state index contributed by atoms with van der Waals surface area (Å²) in [7, 11) is 0. The molecule has 640 valence electrons. The highest BCUT2D eigenvalue weighted by Crippen LogP contribution is 2.23. The lowest BCUT2D eigenvalue weighted by molar-refractivity contribution is -0.780. The number of hydrogen-bond donors (Lipinski definition) is 24. The largest absolute Gasteiger partial charge is 0.480 e. The van der Waals surface area contributed by atoms with E-state index in [0.29, 0.717) is 26.7 Å². The molecule has 4 aromatic rings. The van der Waals surface area contributed by atoms with Crippen LogP contribution in [0.1, 0.15) is 74.6 Å². The Kier molecular flexibility index (Phi) is 35.5. The van der Waals surface area contributed by atoms with Gasteiger partial charge in [0, 0.05) is 54.0 Å². The molecular weight excluding hydrogens is 1690 g/mol. The van der Waals surface area contributed by atoms with Crippen LogP contribution in [0.4, 0.5) is 0 Å². The Hall–Kier alpha value is -11.0. The standard InChI is InChI=1S/C74H94Br2N16O26/c1-34(8-9-36-10-14-39(75)15-11-36)20-52(97)43-27-57(102)82-50(30-93)69(112)87-49-29-91-28-41(92(33-91)73-62(105)60(103)53(98)32-118-73)23-46(66(109)89-58(35(2)95)71(114)88-51(31-94)70(113)84-45(65(108)83-43)21-37-6-4-3-5-7-37)80-56(101)25-42(96)24-48(74(116)117)81-55(100)18-19-79-64(107)44(22-38-12-16-40(76)17-13-38)86-72(115)59(61(104)63(78)106)90-67(110)47(26-54(77)99)85-68(49)111/h3-17,20,28,33,35,42-53,58-62,73,93-98,103-105H,18-19,21-27,29-32H2,1-2H3,(H16-,77,78,79,80,81,82,83,84,85,86,87,88,89,90,99,100,101,102,106,107,108,109,110,111,112,113,114,115,116,117)/p+1/b9-8+,34-20+/t35-,42+,43-,44-,45-,46-,47-,48-,49+,50-,51-,52-,53-,58-,59-,60-,61+,62+,73-/m0/s1. The van der Waals surface area contributed by atoms with Gasteiger partial charge >= 0.3 is 5.97 Å². The second kappa shape index (κ2) is 44.5. The number of nitrogens with one attached hydrogen (secondary N) is 12. The molecule has 118 heavy (non-hydrogen) atoms. The molecule has 4 heterocycles. The number of imidazole rings is 1. The summed E-state index contributed by atoms with van der Waals surface area (Å²) in [6.07, 6.45) is -16.9. The summed E-state index contributed by atoms with van der Waals surface area (Å²) in [5, 5.41) is 139. The lowest BCUT2D eigenvalue weighted by Gasteiger charge is -2.33. The number of benzene rings is 3. The van der Waals surface area contributed by atoms with Crippen LogP contribution in [-0.4, -0.2) is 280 Å². The number of nitrogens with zero attached hydrogens (tertiary/aromatic N) is 2. The Labute approximate surface area is 689 Å². The van der Waals surface area contributed by atoms with Crippen molar-refractivity contribution in [1.82, 2.24) is 68.4 Å². The summed E-state index contributed by atoms with van der Waals surface area (Å²) in [6.45, 7) is -2.50. The molecule has 26 N–H and O–H groups in total. The lowest BCUT2D eigenvalue weighted by Crippen LogP contribution is -2.63. The first kappa shape index (κ1) is 94.1. The molecule has 19 atom stereocenters. The zero-order valence-electron chi connectivity index (χ0n) is 63.4. The molecule has 3 aliphatic rings. The first-order chi connectivity index (χ1) is 55.8. The zero-order chi connectivity index (χ0) is 86.9. The van der Waals surface area contributed by atoms with Gasteiger partial charge in [-0.2, -0.15) is 0 Å². The number of halogens is 2. The number of nitrogens with two attached hydrogens (primary N) is 2. The fourth-order valence-electron chi connectivity index (χ4n) is 12.5. The molecule has 0 unspecified atom stereocenters. The number of allylic oxidation sites excluding steroid dienone is 2. The first-order valence-corrected chi connectivity index (χ1v) is 38.4. The maximum Gasteiger partial charge on any atom is 0.326 e. The fourth-order valence-corrected chi connectivity index (χ4v) is 13.0. The molecule has 3 aliphatic heterocycles. The second-order valence-electron chi connectivity index (χ2n) is 28.2. The molecule has 7 rings (SSSR count). The van der Waals surface area contributed by atoms with Gasteiger partial charge in [-0.25, -0.2) is 13.9 Å². The fraction of sp³-hybridized carbons (Fsp3) is 0.459. The van der Waals surface area contributed by atoms with Gasteiger partial charge in [-0.15, -0.1) is 0 Å². The van der Waals surface area contributed by atoms with E-state index in [0.717, 1.165) is 33.1 Å².